The Labute approximate surface area is 151 Å². The highest BCUT2D eigenvalue weighted by molar-refractivity contribution is 6.31. The average Bonchev–Trinajstić information content (AvgIpc) is 2.95. The molecule has 0 unspecified atom stereocenters. The first-order valence-corrected chi connectivity index (χ1v) is 7.98. The highest BCUT2D eigenvalue weighted by Crippen LogP contribution is 2.29. The summed E-state index contributed by atoms with van der Waals surface area (Å²) in [6.07, 6.45) is 3.16. The predicted octanol–water partition coefficient (Wildman–Crippen LogP) is 2.72. The Kier molecular flexibility index (Phi) is 5.03. The van der Waals surface area contributed by atoms with Crippen molar-refractivity contribution < 1.29 is 19.1 Å². The van der Waals surface area contributed by atoms with Gasteiger partial charge in [-0.2, -0.15) is 0 Å². The van der Waals surface area contributed by atoms with Gasteiger partial charge in [-0.25, -0.2) is 5.01 Å². The lowest BCUT2D eigenvalue weighted by Gasteiger charge is -2.13. The quantitative estimate of drug-likeness (QED) is 0.494. The Morgan fingerprint density at radius 2 is 1.88 bits per heavy atom. The molecule has 1 heterocycles. The zero-order chi connectivity index (χ0) is 18.5. The van der Waals surface area contributed by atoms with E-state index in [0.29, 0.717) is 29.4 Å². The predicted molar refractivity (Wildman–Crippen MR) is 98.7 cm³/mol. The van der Waals surface area contributed by atoms with Gasteiger partial charge in [0.25, 0.3) is 11.8 Å². The second-order valence-electron chi connectivity index (χ2n) is 5.49. The molecule has 2 aromatic carbocycles. The first-order valence-electron chi connectivity index (χ1n) is 7.98. The van der Waals surface area contributed by atoms with Crippen molar-refractivity contribution >= 4 is 23.6 Å². The van der Waals surface area contributed by atoms with Crippen LogP contribution in [0.25, 0.3) is 6.08 Å². The molecule has 1 fully saturated rings. The maximum absolute atomic E-state index is 12.6. The zero-order valence-corrected chi connectivity index (χ0v) is 14.3. The summed E-state index contributed by atoms with van der Waals surface area (Å²) in [5.41, 5.74) is 3.87. The van der Waals surface area contributed by atoms with Gasteiger partial charge in [0, 0.05) is 0 Å². The molecule has 3 rings (SSSR count). The number of hydrogen-bond donors (Lipinski definition) is 1. The topological polar surface area (TPSA) is 67.9 Å². The molecule has 0 aliphatic carbocycles. The summed E-state index contributed by atoms with van der Waals surface area (Å²) in [6.45, 7) is 3.96. The number of rotatable bonds is 6. The molecule has 1 aliphatic rings. The molecule has 1 N–H and O–H groups in total. The summed E-state index contributed by atoms with van der Waals surface area (Å²) in [5.74, 6) is 0.201. The summed E-state index contributed by atoms with van der Waals surface area (Å²) in [6, 6.07) is 14.1. The van der Waals surface area contributed by atoms with E-state index in [1.54, 1.807) is 48.5 Å². The van der Waals surface area contributed by atoms with E-state index >= 15 is 0 Å². The first kappa shape index (κ1) is 17.3. The molecule has 0 bridgehead atoms. The molecule has 0 atom stereocenters. The number of nitrogens with one attached hydrogen (secondary N) is 1. The van der Waals surface area contributed by atoms with Crippen molar-refractivity contribution in [2.75, 3.05) is 18.7 Å². The average molecular weight is 350 g/mol. The Morgan fingerprint density at radius 3 is 2.58 bits per heavy atom. The van der Waals surface area contributed by atoms with E-state index in [2.05, 4.69) is 12.0 Å². The van der Waals surface area contributed by atoms with Gasteiger partial charge in [-0.05, 0) is 35.9 Å². The largest absolute Gasteiger partial charge is 0.493 e. The van der Waals surface area contributed by atoms with Crippen LogP contribution in [0.15, 0.2) is 66.8 Å². The number of para-hydroxylation sites is 1. The van der Waals surface area contributed by atoms with E-state index in [0.717, 1.165) is 0 Å². The van der Waals surface area contributed by atoms with Gasteiger partial charge in [0.05, 0.1) is 12.8 Å². The molecule has 0 aromatic heterocycles. The highest BCUT2D eigenvalue weighted by atomic mass is 16.5. The molecule has 26 heavy (non-hydrogen) atoms. The summed E-state index contributed by atoms with van der Waals surface area (Å²) < 4.78 is 10.8. The SMILES string of the molecule is C=CCOc1ccc(/C=C2\C(=O)NN(c3ccccc3)C2=O)cc1OC. The van der Waals surface area contributed by atoms with Gasteiger partial charge in [-0.3, -0.25) is 15.0 Å². The second kappa shape index (κ2) is 7.57. The van der Waals surface area contributed by atoms with Gasteiger partial charge in [-0.15, -0.1) is 0 Å². The van der Waals surface area contributed by atoms with Gasteiger partial charge >= 0.3 is 0 Å². The number of methoxy groups -OCH3 is 1. The number of benzene rings is 2. The third-order valence-electron chi connectivity index (χ3n) is 3.76. The fraction of sp³-hybridized carbons (Fsp3) is 0.100. The number of nitrogens with zero attached hydrogens (tertiary/aromatic N) is 1. The lowest BCUT2D eigenvalue weighted by molar-refractivity contribution is -0.117. The molecule has 2 amide bonds. The molecular formula is C20H18N2O4. The number of carbonyl (C=O) groups excluding carboxylic acids is 2. The molecular weight excluding hydrogens is 332 g/mol. The van der Waals surface area contributed by atoms with Crippen molar-refractivity contribution in [2.45, 2.75) is 0 Å². The fourth-order valence-corrected chi connectivity index (χ4v) is 2.52. The van der Waals surface area contributed by atoms with Gasteiger partial charge in [0.1, 0.15) is 12.2 Å². The van der Waals surface area contributed by atoms with E-state index < -0.39 is 11.8 Å². The van der Waals surface area contributed by atoms with Crippen molar-refractivity contribution in [3.63, 3.8) is 0 Å². The van der Waals surface area contributed by atoms with Crippen LogP contribution in [0.1, 0.15) is 5.56 Å². The van der Waals surface area contributed by atoms with Gasteiger partial charge in [0.2, 0.25) is 0 Å². The van der Waals surface area contributed by atoms with Crippen LogP contribution in [-0.4, -0.2) is 25.5 Å². The van der Waals surface area contributed by atoms with Crippen LogP contribution in [0.4, 0.5) is 5.69 Å². The highest BCUT2D eigenvalue weighted by Gasteiger charge is 2.34. The van der Waals surface area contributed by atoms with Gasteiger partial charge in [-0.1, -0.05) is 36.9 Å². The van der Waals surface area contributed by atoms with E-state index in [-0.39, 0.29) is 5.57 Å². The molecule has 2 aromatic rings. The molecule has 132 valence electrons. The number of carbonyl (C=O) groups is 2. The normalized spacial score (nSPS) is 15.1. The molecule has 6 heteroatoms. The molecule has 0 radical (unpaired) electrons. The van der Waals surface area contributed by atoms with Gasteiger partial charge in [0.15, 0.2) is 11.5 Å². The van der Waals surface area contributed by atoms with Crippen LogP contribution in [0.3, 0.4) is 0 Å². The van der Waals surface area contributed by atoms with Crippen molar-refractivity contribution in [1.29, 1.82) is 0 Å². The lowest BCUT2D eigenvalue weighted by Crippen LogP contribution is -2.35. The van der Waals surface area contributed by atoms with E-state index in [1.807, 2.05) is 6.07 Å². The second-order valence-corrected chi connectivity index (χ2v) is 5.49. The van der Waals surface area contributed by atoms with Crippen LogP contribution in [0.2, 0.25) is 0 Å². The van der Waals surface area contributed by atoms with Crippen LogP contribution in [0, 0.1) is 0 Å². The number of anilines is 1. The maximum Gasteiger partial charge on any atom is 0.282 e. The van der Waals surface area contributed by atoms with Crippen molar-refractivity contribution in [3.8, 4) is 11.5 Å². The summed E-state index contributed by atoms with van der Waals surface area (Å²) in [7, 11) is 1.53. The van der Waals surface area contributed by atoms with Crippen LogP contribution >= 0.6 is 0 Å². The Hall–Kier alpha value is -3.54. The Morgan fingerprint density at radius 1 is 1.12 bits per heavy atom. The third-order valence-corrected chi connectivity index (χ3v) is 3.76. The molecule has 1 saturated heterocycles. The number of hydrogen-bond acceptors (Lipinski definition) is 4. The van der Waals surface area contributed by atoms with Crippen molar-refractivity contribution in [2.24, 2.45) is 0 Å². The van der Waals surface area contributed by atoms with E-state index in [4.69, 9.17) is 9.47 Å². The summed E-state index contributed by atoms with van der Waals surface area (Å²) in [4.78, 5) is 24.8. The molecule has 0 saturated carbocycles. The number of amides is 2. The first-order chi connectivity index (χ1) is 12.6. The smallest absolute Gasteiger partial charge is 0.282 e. The number of hydrazine groups is 1. The fourth-order valence-electron chi connectivity index (χ4n) is 2.52. The third kappa shape index (κ3) is 3.44. The Balaban J connectivity index is 1.88. The zero-order valence-electron chi connectivity index (χ0n) is 14.3. The van der Waals surface area contributed by atoms with Crippen LogP contribution < -0.4 is 19.9 Å². The monoisotopic (exact) mass is 350 g/mol. The summed E-state index contributed by atoms with van der Waals surface area (Å²) >= 11 is 0. The Bertz CT molecular complexity index is 875. The molecule has 6 nitrogen and oxygen atoms in total. The minimum atomic E-state index is -0.454. The maximum atomic E-state index is 12.6. The van der Waals surface area contributed by atoms with Crippen LogP contribution in [-0.2, 0) is 9.59 Å². The van der Waals surface area contributed by atoms with E-state index in [9.17, 15) is 9.59 Å². The number of ether oxygens (including phenoxy) is 2. The van der Waals surface area contributed by atoms with Crippen molar-refractivity contribution in [1.82, 2.24) is 5.43 Å². The molecule has 0 spiro atoms. The van der Waals surface area contributed by atoms with Crippen LogP contribution in [0.5, 0.6) is 11.5 Å². The van der Waals surface area contributed by atoms with Gasteiger partial charge < -0.3 is 9.47 Å². The minimum Gasteiger partial charge on any atom is -0.493 e. The standard InChI is InChI=1S/C20H18N2O4/c1-3-11-26-17-10-9-14(13-18(17)25-2)12-16-19(23)21-22(20(16)24)15-7-5-4-6-8-15/h3-10,12-13H,1,11H2,2H3,(H,21,23)/b16-12+. The van der Waals surface area contributed by atoms with Crippen molar-refractivity contribution in [3.05, 3.63) is 72.3 Å². The molecule has 1 aliphatic heterocycles. The summed E-state index contributed by atoms with van der Waals surface area (Å²) in [5, 5.41) is 1.23. The van der Waals surface area contributed by atoms with E-state index in [1.165, 1.54) is 18.2 Å². The minimum absolute atomic E-state index is 0.0515. The lowest BCUT2D eigenvalue weighted by atomic mass is 10.1.